The predicted molar refractivity (Wildman–Crippen MR) is 93.2 cm³/mol. The highest BCUT2D eigenvalue weighted by molar-refractivity contribution is 6.32. The van der Waals surface area contributed by atoms with Gasteiger partial charge < -0.3 is 9.64 Å². The number of para-hydroxylation sites is 2. The minimum Gasteiger partial charge on any atom is -0.492 e. The standard InChI is InChI=1S/C17H22N4O4/c1-4-25-14-8-6-5-7-13(14)21-16(23)12(15(22)19-17(21)24)11-18-9-10-20(2)3/h5-8,11-12H,4,9-10H2,1-3H3,(H,19,22,24)/p+1/t12-/m1/s1. The van der Waals surface area contributed by atoms with Gasteiger partial charge in [-0.1, -0.05) is 12.1 Å². The Hall–Kier alpha value is -2.74. The largest absolute Gasteiger partial charge is 0.492 e. The summed E-state index contributed by atoms with van der Waals surface area (Å²) < 4.78 is 5.48. The van der Waals surface area contributed by atoms with Crippen LogP contribution in [0.1, 0.15) is 6.92 Å². The number of barbiturate groups is 1. The molecule has 0 bridgehead atoms. The summed E-state index contributed by atoms with van der Waals surface area (Å²) in [5.74, 6) is -2.04. The Kier molecular flexibility index (Phi) is 6.24. The number of ether oxygens (including phenoxy) is 1. The van der Waals surface area contributed by atoms with Crippen LogP contribution in [0.3, 0.4) is 0 Å². The zero-order valence-electron chi connectivity index (χ0n) is 14.6. The van der Waals surface area contributed by atoms with E-state index >= 15 is 0 Å². The van der Waals surface area contributed by atoms with Crippen LogP contribution in [0, 0.1) is 5.92 Å². The molecular formula is C17H23N4O4+. The summed E-state index contributed by atoms with van der Waals surface area (Å²) in [4.78, 5) is 43.2. The SMILES string of the molecule is CCOc1ccccc1N1C(=O)NC(=O)[C@@H](C=NCC[NH+](C)C)C1=O. The number of benzene rings is 1. The van der Waals surface area contributed by atoms with Gasteiger partial charge in [0.1, 0.15) is 5.75 Å². The highest BCUT2D eigenvalue weighted by Crippen LogP contribution is 2.30. The molecule has 8 heteroatoms. The van der Waals surface area contributed by atoms with Crippen molar-refractivity contribution in [2.24, 2.45) is 10.9 Å². The molecule has 8 nitrogen and oxygen atoms in total. The number of anilines is 1. The molecule has 134 valence electrons. The minimum absolute atomic E-state index is 0.301. The van der Waals surface area contributed by atoms with Crippen molar-refractivity contribution in [3.8, 4) is 5.75 Å². The molecule has 25 heavy (non-hydrogen) atoms. The van der Waals surface area contributed by atoms with Crippen molar-refractivity contribution >= 4 is 29.7 Å². The van der Waals surface area contributed by atoms with Crippen LogP contribution in [-0.2, 0) is 9.59 Å². The van der Waals surface area contributed by atoms with E-state index in [0.717, 1.165) is 11.4 Å². The van der Waals surface area contributed by atoms with Crippen molar-refractivity contribution in [1.82, 2.24) is 5.32 Å². The zero-order valence-corrected chi connectivity index (χ0v) is 14.6. The molecule has 1 heterocycles. The lowest BCUT2D eigenvalue weighted by Gasteiger charge is -2.29. The molecule has 1 fully saturated rings. The predicted octanol–water partition coefficient (Wildman–Crippen LogP) is -0.500. The maximum Gasteiger partial charge on any atom is 0.335 e. The summed E-state index contributed by atoms with van der Waals surface area (Å²) >= 11 is 0. The first kappa shape index (κ1) is 18.6. The van der Waals surface area contributed by atoms with Crippen LogP contribution in [-0.4, -0.2) is 57.9 Å². The first-order valence-corrected chi connectivity index (χ1v) is 8.15. The van der Waals surface area contributed by atoms with E-state index in [0.29, 0.717) is 24.6 Å². The molecule has 1 atom stereocenters. The van der Waals surface area contributed by atoms with Gasteiger partial charge in [0.05, 0.1) is 39.5 Å². The van der Waals surface area contributed by atoms with E-state index in [4.69, 9.17) is 4.74 Å². The second kappa shape index (κ2) is 8.39. The van der Waals surface area contributed by atoms with Crippen molar-refractivity contribution in [3.05, 3.63) is 24.3 Å². The molecule has 0 aliphatic carbocycles. The molecule has 0 unspecified atom stereocenters. The number of rotatable bonds is 7. The van der Waals surface area contributed by atoms with Gasteiger partial charge in [0.2, 0.25) is 5.91 Å². The summed E-state index contributed by atoms with van der Waals surface area (Å²) in [7, 11) is 3.97. The first-order valence-electron chi connectivity index (χ1n) is 8.15. The van der Waals surface area contributed by atoms with Gasteiger partial charge in [-0.25, -0.2) is 9.69 Å². The first-order chi connectivity index (χ1) is 12.0. The number of carbonyl (C=O) groups is 3. The highest BCUT2D eigenvalue weighted by atomic mass is 16.5. The lowest BCUT2D eigenvalue weighted by atomic mass is 10.1. The van der Waals surface area contributed by atoms with Crippen molar-refractivity contribution in [2.45, 2.75) is 6.92 Å². The third-order valence-electron chi connectivity index (χ3n) is 3.60. The van der Waals surface area contributed by atoms with E-state index in [9.17, 15) is 14.4 Å². The number of nitrogens with zero attached hydrogens (tertiary/aromatic N) is 2. The number of urea groups is 1. The van der Waals surface area contributed by atoms with Crippen LogP contribution in [0.5, 0.6) is 5.75 Å². The summed E-state index contributed by atoms with van der Waals surface area (Å²) in [6.07, 6.45) is 1.31. The Morgan fingerprint density at radius 3 is 2.68 bits per heavy atom. The molecule has 0 aromatic heterocycles. The van der Waals surface area contributed by atoms with Gasteiger partial charge in [0.25, 0.3) is 5.91 Å². The molecule has 2 N–H and O–H groups in total. The van der Waals surface area contributed by atoms with Crippen LogP contribution in [0.4, 0.5) is 10.5 Å². The van der Waals surface area contributed by atoms with Crippen LogP contribution in [0.25, 0.3) is 0 Å². The van der Waals surface area contributed by atoms with Gasteiger partial charge >= 0.3 is 6.03 Å². The summed E-state index contributed by atoms with van der Waals surface area (Å²) in [6, 6.07) is 5.91. The molecule has 1 aromatic rings. The third kappa shape index (κ3) is 4.42. The monoisotopic (exact) mass is 347 g/mol. The Balaban J connectivity index is 2.25. The number of imide groups is 2. The average molecular weight is 347 g/mol. The van der Waals surface area contributed by atoms with E-state index in [1.165, 1.54) is 11.1 Å². The van der Waals surface area contributed by atoms with Crippen molar-refractivity contribution < 1.29 is 24.0 Å². The second-order valence-corrected chi connectivity index (χ2v) is 5.86. The number of hydrogen-bond acceptors (Lipinski definition) is 5. The molecule has 1 saturated heterocycles. The Labute approximate surface area is 146 Å². The van der Waals surface area contributed by atoms with Crippen molar-refractivity contribution in [1.29, 1.82) is 0 Å². The molecular weight excluding hydrogens is 324 g/mol. The second-order valence-electron chi connectivity index (χ2n) is 5.86. The van der Waals surface area contributed by atoms with Crippen LogP contribution < -0.4 is 19.9 Å². The fourth-order valence-corrected chi connectivity index (χ4v) is 2.34. The van der Waals surface area contributed by atoms with Gasteiger partial charge in [0, 0.05) is 6.21 Å². The lowest BCUT2D eigenvalue weighted by Crippen LogP contribution is -3.06. The van der Waals surface area contributed by atoms with Gasteiger partial charge in [-0.05, 0) is 19.1 Å². The number of nitrogens with one attached hydrogen (secondary N) is 2. The average Bonchev–Trinajstić information content (AvgIpc) is 2.55. The normalized spacial score (nSPS) is 18.2. The maximum atomic E-state index is 12.7. The molecule has 0 saturated carbocycles. The smallest absolute Gasteiger partial charge is 0.335 e. The van der Waals surface area contributed by atoms with E-state index in [1.54, 1.807) is 31.2 Å². The summed E-state index contributed by atoms with van der Waals surface area (Å²) in [5, 5.41) is 2.20. The van der Waals surface area contributed by atoms with Crippen molar-refractivity contribution in [3.63, 3.8) is 0 Å². The molecule has 1 aliphatic heterocycles. The summed E-state index contributed by atoms with van der Waals surface area (Å²) in [5.41, 5.74) is 0.301. The number of hydrogen-bond donors (Lipinski definition) is 2. The molecule has 0 spiro atoms. The lowest BCUT2D eigenvalue weighted by molar-refractivity contribution is -0.856. The number of aliphatic imine (C=N–C) groups is 1. The van der Waals surface area contributed by atoms with E-state index in [-0.39, 0.29) is 0 Å². The number of amides is 4. The molecule has 4 amide bonds. The number of quaternary nitrogens is 1. The molecule has 2 rings (SSSR count). The third-order valence-corrected chi connectivity index (χ3v) is 3.60. The zero-order chi connectivity index (χ0) is 18.4. The topological polar surface area (TPSA) is 92.5 Å². The quantitative estimate of drug-likeness (QED) is 0.514. The Morgan fingerprint density at radius 1 is 1.28 bits per heavy atom. The molecule has 0 radical (unpaired) electrons. The van der Waals surface area contributed by atoms with Gasteiger partial charge in [-0.3, -0.25) is 19.9 Å². The van der Waals surface area contributed by atoms with E-state index in [1.807, 2.05) is 14.1 Å². The number of likely N-dealkylation sites (N-methyl/N-ethyl adjacent to an activating group) is 1. The fourth-order valence-electron chi connectivity index (χ4n) is 2.34. The fraction of sp³-hybridized carbons (Fsp3) is 0.412. The van der Waals surface area contributed by atoms with Gasteiger partial charge in [-0.15, -0.1) is 0 Å². The van der Waals surface area contributed by atoms with Crippen LogP contribution >= 0.6 is 0 Å². The Morgan fingerprint density at radius 2 is 2.00 bits per heavy atom. The minimum atomic E-state index is -1.13. The summed E-state index contributed by atoms with van der Waals surface area (Å²) in [6.45, 7) is 3.45. The van der Waals surface area contributed by atoms with Crippen molar-refractivity contribution in [2.75, 3.05) is 38.7 Å². The highest BCUT2D eigenvalue weighted by Gasteiger charge is 2.41. The Bertz CT molecular complexity index is 687. The van der Waals surface area contributed by atoms with E-state index in [2.05, 4.69) is 10.3 Å². The maximum absolute atomic E-state index is 12.7. The van der Waals surface area contributed by atoms with Gasteiger partial charge in [-0.2, -0.15) is 0 Å². The van der Waals surface area contributed by atoms with E-state index < -0.39 is 23.8 Å². The van der Waals surface area contributed by atoms with Gasteiger partial charge in [0.15, 0.2) is 5.92 Å². The number of carbonyl (C=O) groups excluding carboxylic acids is 3. The van der Waals surface area contributed by atoms with Crippen LogP contribution in [0.2, 0.25) is 0 Å². The molecule has 1 aromatic carbocycles. The van der Waals surface area contributed by atoms with Crippen LogP contribution in [0.15, 0.2) is 29.3 Å². The molecule has 1 aliphatic rings.